The summed E-state index contributed by atoms with van der Waals surface area (Å²) in [6.07, 6.45) is -9.19. The number of aldehydes is 1. The van der Waals surface area contributed by atoms with Gasteiger partial charge in [0, 0.05) is 43.0 Å². The minimum Gasteiger partial charge on any atom is -0.368 e. The fourth-order valence-electron chi connectivity index (χ4n) is 3.18. The number of hydrogen-bond acceptors (Lipinski definition) is 3. The molecule has 1 fully saturated rings. The topological polar surface area (TPSA) is 40.6 Å². The Hall–Kier alpha value is -3.04. The van der Waals surface area contributed by atoms with Gasteiger partial charge < -0.3 is 9.80 Å². The minimum absolute atomic E-state index is 0.0801. The Morgan fingerprint density at radius 1 is 0.800 bits per heavy atom. The summed E-state index contributed by atoms with van der Waals surface area (Å²) in [7, 11) is 0. The number of anilines is 1. The van der Waals surface area contributed by atoms with Gasteiger partial charge in [-0.1, -0.05) is 12.1 Å². The van der Waals surface area contributed by atoms with Gasteiger partial charge in [-0.25, -0.2) is 0 Å². The summed E-state index contributed by atoms with van der Waals surface area (Å²) in [6, 6.07) is 7.40. The molecule has 1 heterocycles. The number of halogens is 6. The molecule has 0 spiro atoms. The van der Waals surface area contributed by atoms with Gasteiger partial charge >= 0.3 is 12.4 Å². The number of benzene rings is 2. The highest BCUT2D eigenvalue weighted by atomic mass is 19.4. The summed E-state index contributed by atoms with van der Waals surface area (Å²) >= 11 is 0. The highest BCUT2D eigenvalue weighted by Crippen LogP contribution is 2.38. The smallest absolute Gasteiger partial charge is 0.368 e. The molecule has 2 aromatic carbocycles. The summed E-state index contributed by atoms with van der Waals surface area (Å²) in [4.78, 5) is 26.1. The number of alkyl halides is 6. The molecule has 0 aliphatic carbocycles. The van der Waals surface area contributed by atoms with Crippen LogP contribution in [-0.4, -0.2) is 43.3 Å². The Bertz CT molecular complexity index is 898. The minimum atomic E-state index is -4.92. The van der Waals surface area contributed by atoms with Crippen molar-refractivity contribution < 1.29 is 35.9 Å². The molecule has 1 aliphatic rings. The zero-order valence-electron chi connectivity index (χ0n) is 15.4. The molecule has 0 atom stereocenters. The van der Waals surface area contributed by atoms with Gasteiger partial charge in [-0.2, -0.15) is 26.3 Å². The average Bonchev–Trinajstić information content (AvgIpc) is 2.72. The molecular formula is C20H16F6N2O2. The van der Waals surface area contributed by atoms with Gasteiger partial charge in [-0.05, 0) is 30.3 Å². The van der Waals surface area contributed by atoms with Crippen molar-refractivity contribution in [2.45, 2.75) is 12.4 Å². The van der Waals surface area contributed by atoms with Gasteiger partial charge in [0.1, 0.15) is 6.29 Å². The van der Waals surface area contributed by atoms with Gasteiger partial charge in [0.2, 0.25) is 0 Å². The predicted molar refractivity (Wildman–Crippen MR) is 96.4 cm³/mol. The van der Waals surface area contributed by atoms with E-state index in [2.05, 4.69) is 0 Å². The monoisotopic (exact) mass is 430 g/mol. The van der Waals surface area contributed by atoms with Crippen LogP contribution in [-0.2, 0) is 12.4 Å². The maximum absolute atomic E-state index is 13.1. The first-order valence-corrected chi connectivity index (χ1v) is 8.88. The van der Waals surface area contributed by atoms with E-state index in [1.165, 1.54) is 34.1 Å². The first-order valence-electron chi connectivity index (χ1n) is 8.88. The molecule has 3 rings (SSSR count). The van der Waals surface area contributed by atoms with Crippen LogP contribution in [0.3, 0.4) is 0 Å². The van der Waals surface area contributed by atoms with Crippen LogP contribution in [0.15, 0.2) is 42.5 Å². The lowest BCUT2D eigenvalue weighted by Gasteiger charge is -2.36. The van der Waals surface area contributed by atoms with Gasteiger partial charge in [-0.15, -0.1) is 0 Å². The normalized spacial score (nSPS) is 15.3. The summed E-state index contributed by atoms with van der Waals surface area (Å²) in [5.41, 5.74) is -2.20. The summed E-state index contributed by atoms with van der Waals surface area (Å²) in [5, 5.41) is 0. The van der Waals surface area contributed by atoms with Crippen LogP contribution >= 0.6 is 0 Å². The third-order valence-corrected chi connectivity index (χ3v) is 4.80. The summed E-state index contributed by atoms with van der Waals surface area (Å²) < 4.78 is 78.3. The molecule has 0 aromatic heterocycles. The van der Waals surface area contributed by atoms with Crippen molar-refractivity contribution in [2.24, 2.45) is 0 Å². The number of amides is 1. The third-order valence-electron chi connectivity index (χ3n) is 4.80. The van der Waals surface area contributed by atoms with Crippen molar-refractivity contribution in [3.05, 3.63) is 64.7 Å². The fraction of sp³-hybridized carbons (Fsp3) is 0.300. The number of nitrogens with zero attached hydrogens (tertiary/aromatic N) is 2. The van der Waals surface area contributed by atoms with Crippen LogP contribution in [0.5, 0.6) is 0 Å². The fourth-order valence-corrected chi connectivity index (χ4v) is 3.18. The van der Waals surface area contributed by atoms with E-state index < -0.39 is 23.5 Å². The second-order valence-electron chi connectivity index (χ2n) is 6.78. The molecule has 1 aliphatic heterocycles. The van der Waals surface area contributed by atoms with E-state index in [1.54, 1.807) is 0 Å². The lowest BCUT2D eigenvalue weighted by Crippen LogP contribution is -2.48. The van der Waals surface area contributed by atoms with Crippen molar-refractivity contribution in [3.63, 3.8) is 0 Å². The summed E-state index contributed by atoms with van der Waals surface area (Å²) in [5.74, 6) is -0.327. The Morgan fingerprint density at radius 2 is 1.30 bits per heavy atom. The Morgan fingerprint density at radius 3 is 1.73 bits per heavy atom. The first kappa shape index (κ1) is 21.7. The van der Waals surface area contributed by atoms with Crippen molar-refractivity contribution in [3.8, 4) is 0 Å². The number of carbonyl (C=O) groups is 2. The maximum Gasteiger partial charge on any atom is 0.416 e. The summed E-state index contributed by atoms with van der Waals surface area (Å²) in [6.45, 7) is 0.422. The van der Waals surface area contributed by atoms with Crippen LogP contribution < -0.4 is 4.90 Å². The van der Waals surface area contributed by atoms with E-state index in [0.717, 1.165) is 0 Å². The van der Waals surface area contributed by atoms with E-state index in [4.69, 9.17) is 0 Å². The first-order chi connectivity index (χ1) is 14.0. The molecule has 30 heavy (non-hydrogen) atoms. The lowest BCUT2D eigenvalue weighted by atomic mass is 10.1. The van der Waals surface area contributed by atoms with E-state index in [9.17, 15) is 35.9 Å². The van der Waals surface area contributed by atoms with Crippen LogP contribution in [0.4, 0.5) is 32.0 Å². The lowest BCUT2D eigenvalue weighted by molar-refractivity contribution is -0.143. The van der Waals surface area contributed by atoms with Crippen LogP contribution in [0.2, 0.25) is 0 Å². The predicted octanol–water partition coefficient (Wildman–Crippen LogP) is 4.50. The zero-order chi connectivity index (χ0) is 22.1. The van der Waals surface area contributed by atoms with Crippen molar-refractivity contribution in [2.75, 3.05) is 31.1 Å². The van der Waals surface area contributed by atoms with Gasteiger partial charge in [0.05, 0.1) is 11.1 Å². The number of hydrogen-bond donors (Lipinski definition) is 0. The molecule has 0 N–H and O–H groups in total. The van der Waals surface area contributed by atoms with E-state index in [1.807, 2.05) is 0 Å². The zero-order valence-corrected chi connectivity index (χ0v) is 15.4. The van der Waals surface area contributed by atoms with E-state index >= 15 is 0 Å². The van der Waals surface area contributed by atoms with Crippen LogP contribution in [0.25, 0.3) is 0 Å². The highest BCUT2D eigenvalue weighted by Gasteiger charge is 2.37. The standard InChI is InChI=1S/C20H16F6N2O2/c21-19(22,23)15-9-16(20(24,25)26)11-17(10-15)27-5-7-28(8-6-27)18(30)14-3-1-13(12-29)2-4-14/h1-4,9-12H,5-8H2. The van der Waals surface area contributed by atoms with E-state index in [0.29, 0.717) is 29.5 Å². The molecular weight excluding hydrogens is 414 g/mol. The van der Waals surface area contributed by atoms with E-state index in [-0.39, 0.29) is 43.8 Å². The Labute approximate surface area is 167 Å². The maximum atomic E-state index is 13.1. The molecule has 4 nitrogen and oxygen atoms in total. The van der Waals surface area contributed by atoms with Gasteiger partial charge in [0.25, 0.3) is 5.91 Å². The molecule has 160 valence electrons. The van der Waals surface area contributed by atoms with Crippen LogP contribution in [0, 0.1) is 0 Å². The third kappa shape index (κ3) is 4.74. The second kappa shape index (κ2) is 8.00. The quantitative estimate of drug-likeness (QED) is 0.532. The number of rotatable bonds is 3. The number of carbonyl (C=O) groups excluding carboxylic acids is 2. The highest BCUT2D eigenvalue weighted by molar-refractivity contribution is 5.95. The van der Waals surface area contributed by atoms with Crippen molar-refractivity contribution in [1.82, 2.24) is 4.90 Å². The van der Waals surface area contributed by atoms with Crippen LogP contribution in [0.1, 0.15) is 31.8 Å². The molecule has 0 unspecified atom stereocenters. The molecule has 0 bridgehead atoms. The number of piperazine rings is 1. The largest absolute Gasteiger partial charge is 0.416 e. The van der Waals surface area contributed by atoms with Gasteiger partial charge in [-0.3, -0.25) is 9.59 Å². The van der Waals surface area contributed by atoms with Crippen molar-refractivity contribution in [1.29, 1.82) is 0 Å². The molecule has 10 heteroatoms. The average molecular weight is 430 g/mol. The van der Waals surface area contributed by atoms with Gasteiger partial charge in [0.15, 0.2) is 0 Å². The Kier molecular flexibility index (Phi) is 5.78. The molecule has 1 saturated heterocycles. The molecule has 0 saturated carbocycles. The molecule has 2 aromatic rings. The SMILES string of the molecule is O=Cc1ccc(C(=O)N2CCN(c3cc(C(F)(F)F)cc(C(F)(F)F)c3)CC2)cc1. The molecule has 1 amide bonds. The molecule has 0 radical (unpaired) electrons. The van der Waals surface area contributed by atoms with Crippen molar-refractivity contribution >= 4 is 17.9 Å². The Balaban J connectivity index is 1.77. The second-order valence-corrected chi connectivity index (χ2v) is 6.78.